The van der Waals surface area contributed by atoms with Crippen molar-refractivity contribution in [1.29, 1.82) is 0 Å². The summed E-state index contributed by atoms with van der Waals surface area (Å²) >= 11 is 1.07. The van der Waals surface area contributed by atoms with Gasteiger partial charge in [-0.1, -0.05) is 39.8 Å². The molecule has 0 bridgehead atoms. The van der Waals surface area contributed by atoms with Gasteiger partial charge in [-0.3, -0.25) is 4.79 Å². The summed E-state index contributed by atoms with van der Waals surface area (Å²) in [7, 11) is -1.11. The molecule has 0 saturated carbocycles. The van der Waals surface area contributed by atoms with Crippen LogP contribution in [0.15, 0.2) is 28.6 Å². The van der Waals surface area contributed by atoms with E-state index in [0.29, 0.717) is 11.9 Å². The van der Waals surface area contributed by atoms with Crippen LogP contribution in [0.4, 0.5) is 0 Å². The van der Waals surface area contributed by atoms with Crippen LogP contribution in [-0.4, -0.2) is 66.3 Å². The highest BCUT2D eigenvalue weighted by molar-refractivity contribution is 7.91. The second-order valence-corrected chi connectivity index (χ2v) is 13.5. The molecule has 0 spiro atoms. The minimum Gasteiger partial charge on any atom is -0.458 e. The number of aromatic nitrogens is 1. The van der Waals surface area contributed by atoms with E-state index in [-0.39, 0.29) is 16.2 Å². The number of esters is 1. The maximum absolute atomic E-state index is 13.7. The van der Waals surface area contributed by atoms with Crippen molar-refractivity contribution in [3.63, 3.8) is 0 Å². The summed E-state index contributed by atoms with van der Waals surface area (Å²) in [5.74, 6) is -1.16. The predicted molar refractivity (Wildman–Crippen MR) is 135 cm³/mol. The lowest BCUT2D eigenvalue weighted by atomic mass is 9.99. The number of benzene rings is 1. The topological polar surface area (TPSA) is 96.9 Å². The molecule has 1 heterocycles. The number of hydrogen-bond donors (Lipinski definition) is 0. The molecular weight excluding hydrogens is 474 g/mol. The molecule has 1 aromatic heterocycles. The van der Waals surface area contributed by atoms with Crippen LogP contribution in [0.2, 0.25) is 0 Å². The first-order valence-corrected chi connectivity index (χ1v) is 13.6. The highest BCUT2D eigenvalue weighted by atomic mass is 32.2. The Bertz CT molecular complexity index is 1090. The molecule has 1 amide bonds. The number of carbonyl (C=O) groups excluding carboxylic acids is 2. The highest BCUT2D eigenvalue weighted by Crippen LogP contribution is 2.29. The van der Waals surface area contributed by atoms with Crippen molar-refractivity contribution >= 4 is 43.5 Å². The molecule has 8 nitrogen and oxygen atoms in total. The Hall–Kier alpha value is -2.04. The Kier molecular flexibility index (Phi) is 8.88. The molecule has 0 aliphatic heterocycles. The maximum Gasteiger partial charge on any atom is 0.329 e. The standard InChI is InChI=1S/C24H37N3O5S2/c1-15(2)14-18(21(28)26(8)20(16(3)4)22(29)32-24(5,6)7)27(9)34(30,31)23-25-17-12-10-11-13-19(17)33-23/h10-13,15-16,18,20H,14H2,1-9H3/t18-,20+/m1/s1. The van der Waals surface area contributed by atoms with Crippen LogP contribution >= 0.6 is 11.3 Å². The fourth-order valence-corrected chi connectivity index (χ4v) is 6.43. The number of carbonyl (C=O) groups is 2. The first-order chi connectivity index (χ1) is 15.6. The van der Waals surface area contributed by atoms with Gasteiger partial charge in [-0.25, -0.2) is 18.2 Å². The average Bonchev–Trinajstić information content (AvgIpc) is 3.14. The van der Waals surface area contributed by atoms with Crippen molar-refractivity contribution in [3.8, 4) is 0 Å². The summed E-state index contributed by atoms with van der Waals surface area (Å²) in [6.45, 7) is 12.8. The number of thiazole rings is 1. The maximum atomic E-state index is 13.7. The minimum atomic E-state index is -4.04. The number of fused-ring (bicyclic) bond motifs is 1. The molecule has 190 valence electrons. The molecule has 0 N–H and O–H groups in total. The smallest absolute Gasteiger partial charge is 0.329 e. The van der Waals surface area contributed by atoms with Gasteiger partial charge in [0.1, 0.15) is 17.7 Å². The van der Waals surface area contributed by atoms with Gasteiger partial charge in [0, 0.05) is 14.1 Å². The summed E-state index contributed by atoms with van der Waals surface area (Å²) < 4.78 is 34.3. The van der Waals surface area contributed by atoms with Crippen molar-refractivity contribution in [2.45, 2.75) is 76.9 Å². The van der Waals surface area contributed by atoms with Gasteiger partial charge in [0.15, 0.2) is 0 Å². The second kappa shape index (κ2) is 10.7. The van der Waals surface area contributed by atoms with E-state index in [1.165, 1.54) is 19.0 Å². The number of amides is 1. The van der Waals surface area contributed by atoms with Gasteiger partial charge in [-0.15, -0.1) is 11.3 Å². The van der Waals surface area contributed by atoms with Gasteiger partial charge >= 0.3 is 5.97 Å². The summed E-state index contributed by atoms with van der Waals surface area (Å²) in [6.07, 6.45) is 0.295. The molecule has 10 heteroatoms. The van der Waals surface area contributed by atoms with E-state index in [4.69, 9.17) is 4.74 Å². The molecule has 2 rings (SSSR count). The Balaban J connectivity index is 2.42. The van der Waals surface area contributed by atoms with Gasteiger partial charge in [0.2, 0.25) is 10.2 Å². The molecule has 34 heavy (non-hydrogen) atoms. The number of likely N-dealkylation sites (N-methyl/N-ethyl adjacent to an activating group) is 2. The van der Waals surface area contributed by atoms with E-state index in [9.17, 15) is 18.0 Å². The van der Waals surface area contributed by atoms with E-state index in [2.05, 4.69) is 4.98 Å². The summed E-state index contributed by atoms with van der Waals surface area (Å²) in [4.78, 5) is 32.2. The highest BCUT2D eigenvalue weighted by Gasteiger charge is 2.41. The summed E-state index contributed by atoms with van der Waals surface area (Å²) in [5.41, 5.74) is -0.119. The molecule has 0 radical (unpaired) electrons. The third kappa shape index (κ3) is 6.55. The molecule has 0 unspecified atom stereocenters. The third-order valence-corrected chi connectivity index (χ3v) is 8.60. The van der Waals surface area contributed by atoms with Crippen LogP contribution in [0, 0.1) is 11.8 Å². The zero-order chi connectivity index (χ0) is 26.0. The number of hydrogen-bond acceptors (Lipinski definition) is 7. The zero-order valence-electron chi connectivity index (χ0n) is 21.5. The fourth-order valence-electron chi connectivity index (χ4n) is 3.72. The van der Waals surface area contributed by atoms with Crippen molar-refractivity contribution in [2.75, 3.05) is 14.1 Å². The first kappa shape index (κ1) is 28.2. The lowest BCUT2D eigenvalue weighted by molar-refractivity contribution is -0.166. The molecule has 0 fully saturated rings. The second-order valence-electron chi connectivity index (χ2n) is 10.3. The van der Waals surface area contributed by atoms with Gasteiger partial charge in [0.25, 0.3) is 10.0 Å². The Morgan fingerprint density at radius 1 is 1.09 bits per heavy atom. The lowest BCUT2D eigenvalue weighted by Gasteiger charge is -2.36. The van der Waals surface area contributed by atoms with E-state index in [0.717, 1.165) is 20.3 Å². The van der Waals surface area contributed by atoms with Crippen molar-refractivity contribution in [2.24, 2.45) is 11.8 Å². The van der Waals surface area contributed by atoms with Gasteiger partial charge in [-0.05, 0) is 51.2 Å². The Labute approximate surface area is 207 Å². The van der Waals surface area contributed by atoms with Crippen LogP contribution < -0.4 is 0 Å². The Morgan fingerprint density at radius 2 is 1.68 bits per heavy atom. The van der Waals surface area contributed by atoms with Crippen molar-refractivity contribution < 1.29 is 22.7 Å². The van der Waals surface area contributed by atoms with Gasteiger partial charge in [-0.2, -0.15) is 4.31 Å². The molecule has 0 aliphatic rings. The molecule has 0 aliphatic carbocycles. The van der Waals surface area contributed by atoms with Crippen LogP contribution in [0.3, 0.4) is 0 Å². The number of nitrogens with zero attached hydrogens (tertiary/aromatic N) is 3. The lowest BCUT2D eigenvalue weighted by Crippen LogP contribution is -2.55. The van der Waals surface area contributed by atoms with E-state index in [1.807, 2.05) is 39.8 Å². The normalized spacial score (nSPS) is 14.6. The molecule has 2 aromatic rings. The van der Waals surface area contributed by atoms with Crippen LogP contribution in [-0.2, 0) is 24.3 Å². The molecule has 0 saturated heterocycles. The van der Waals surface area contributed by atoms with Gasteiger partial charge in [0.05, 0.1) is 10.2 Å². The average molecular weight is 512 g/mol. The number of sulfonamides is 1. The van der Waals surface area contributed by atoms with Crippen LogP contribution in [0.25, 0.3) is 10.2 Å². The largest absolute Gasteiger partial charge is 0.458 e. The quantitative estimate of drug-likeness (QED) is 0.469. The summed E-state index contributed by atoms with van der Waals surface area (Å²) in [6, 6.07) is 5.34. The third-order valence-electron chi connectivity index (χ3n) is 5.34. The zero-order valence-corrected chi connectivity index (χ0v) is 23.2. The first-order valence-electron chi connectivity index (χ1n) is 11.4. The molecule has 1 aromatic carbocycles. The van der Waals surface area contributed by atoms with Crippen LogP contribution in [0.1, 0.15) is 54.9 Å². The number of ether oxygens (including phenoxy) is 1. The minimum absolute atomic E-state index is 0.0365. The van der Waals surface area contributed by atoms with Crippen molar-refractivity contribution in [1.82, 2.24) is 14.2 Å². The molecular formula is C24H37N3O5S2. The van der Waals surface area contributed by atoms with E-state index >= 15 is 0 Å². The molecule has 2 atom stereocenters. The van der Waals surface area contributed by atoms with Crippen molar-refractivity contribution in [3.05, 3.63) is 24.3 Å². The Morgan fingerprint density at radius 3 is 2.18 bits per heavy atom. The van der Waals surface area contributed by atoms with E-state index in [1.54, 1.807) is 32.9 Å². The van der Waals surface area contributed by atoms with E-state index < -0.39 is 39.6 Å². The van der Waals surface area contributed by atoms with Crippen LogP contribution in [0.5, 0.6) is 0 Å². The number of para-hydroxylation sites is 1. The summed E-state index contributed by atoms with van der Waals surface area (Å²) in [5, 5.41) is 0. The monoisotopic (exact) mass is 511 g/mol. The fraction of sp³-hybridized carbons (Fsp3) is 0.625. The number of rotatable bonds is 9. The van der Waals surface area contributed by atoms with Gasteiger partial charge < -0.3 is 9.64 Å². The predicted octanol–water partition coefficient (Wildman–Crippen LogP) is 4.16. The SMILES string of the molecule is CC(C)C[C@H](C(=O)N(C)[C@H](C(=O)OC(C)(C)C)C(C)C)N(C)S(=O)(=O)c1nc2ccccc2s1.